The molecule has 2 aliphatic rings. The lowest BCUT2D eigenvalue weighted by molar-refractivity contribution is 0.509. The molecule has 0 unspecified atom stereocenters. The van der Waals surface area contributed by atoms with Crippen LogP contribution in [0.3, 0.4) is 0 Å². The highest BCUT2D eigenvalue weighted by Crippen LogP contribution is 2.08. The van der Waals surface area contributed by atoms with Crippen molar-refractivity contribution in [2.24, 2.45) is 20.4 Å². The molecule has 2 rings (SSSR count). The highest BCUT2D eigenvalue weighted by atomic mass is 32.1. The lowest BCUT2D eigenvalue weighted by Gasteiger charge is -2.17. The molecule has 0 saturated carbocycles. The number of unbranched alkanes of at least 4 members (excludes halogenated alkanes) is 3. The SMILES string of the molecule is CC(=N\NC(=S)NCCCCCCNC(=S)N/N=C(C)/C(C)=N/NC(=S)N1CCCC1)/C(C)=N/NC(=S)N1CCCC1. The molecule has 12 nitrogen and oxygen atoms in total. The molecular weight excluding hydrogens is 609 g/mol. The monoisotopic (exact) mass is 654 g/mol. The van der Waals surface area contributed by atoms with E-state index in [1.54, 1.807) is 0 Å². The van der Waals surface area contributed by atoms with E-state index in [2.05, 4.69) is 62.5 Å². The van der Waals surface area contributed by atoms with Gasteiger partial charge in [0.2, 0.25) is 0 Å². The molecule has 2 aliphatic heterocycles. The summed E-state index contributed by atoms with van der Waals surface area (Å²) < 4.78 is 0. The maximum Gasteiger partial charge on any atom is 0.189 e. The lowest BCUT2D eigenvalue weighted by Crippen LogP contribution is -2.36. The molecule has 0 bridgehead atoms. The lowest BCUT2D eigenvalue weighted by atomic mass is 10.2. The Morgan fingerprint density at radius 1 is 0.500 bits per heavy atom. The first-order valence-corrected chi connectivity index (χ1v) is 16.2. The van der Waals surface area contributed by atoms with Crippen LogP contribution in [0.4, 0.5) is 0 Å². The third-order valence-corrected chi connectivity index (χ3v) is 7.97. The number of rotatable bonds is 13. The van der Waals surface area contributed by atoms with E-state index in [1.807, 2.05) is 27.7 Å². The van der Waals surface area contributed by atoms with Crippen molar-refractivity contribution in [1.29, 1.82) is 0 Å². The predicted molar refractivity (Wildman–Crippen MR) is 191 cm³/mol. The van der Waals surface area contributed by atoms with Gasteiger partial charge in [-0.2, -0.15) is 20.4 Å². The van der Waals surface area contributed by atoms with Crippen molar-refractivity contribution in [1.82, 2.24) is 42.1 Å². The van der Waals surface area contributed by atoms with Crippen LogP contribution >= 0.6 is 48.9 Å². The Balaban J connectivity index is 1.49. The molecule has 0 aromatic rings. The Bertz CT molecular complexity index is 962. The van der Waals surface area contributed by atoms with Gasteiger partial charge in [0.1, 0.15) is 0 Å². The van der Waals surface area contributed by atoms with Crippen molar-refractivity contribution in [3.8, 4) is 0 Å². The number of hydrogen-bond donors (Lipinski definition) is 6. The van der Waals surface area contributed by atoms with Gasteiger partial charge < -0.3 is 20.4 Å². The zero-order valence-corrected chi connectivity index (χ0v) is 28.5. The number of hydrazone groups is 4. The summed E-state index contributed by atoms with van der Waals surface area (Å²) in [7, 11) is 0. The van der Waals surface area contributed by atoms with Crippen LogP contribution in [0.1, 0.15) is 79.1 Å². The zero-order chi connectivity index (χ0) is 30.7. The molecule has 0 aliphatic carbocycles. The Labute approximate surface area is 272 Å². The Morgan fingerprint density at radius 2 is 0.810 bits per heavy atom. The zero-order valence-electron chi connectivity index (χ0n) is 25.2. The summed E-state index contributed by atoms with van der Waals surface area (Å²) in [5.74, 6) is 0. The van der Waals surface area contributed by atoms with Crippen molar-refractivity contribution in [3.63, 3.8) is 0 Å². The van der Waals surface area contributed by atoms with E-state index in [9.17, 15) is 0 Å². The van der Waals surface area contributed by atoms with Gasteiger partial charge in [0.05, 0.1) is 22.8 Å². The van der Waals surface area contributed by atoms with E-state index in [1.165, 1.54) is 25.7 Å². The van der Waals surface area contributed by atoms with Crippen LogP contribution < -0.4 is 32.3 Å². The van der Waals surface area contributed by atoms with Crippen molar-refractivity contribution < 1.29 is 0 Å². The first kappa shape index (κ1) is 35.6. The number of thiocarbonyl (C=S) groups is 4. The molecule has 0 aromatic carbocycles. The van der Waals surface area contributed by atoms with Crippen LogP contribution in [0, 0.1) is 0 Å². The molecule has 42 heavy (non-hydrogen) atoms. The van der Waals surface area contributed by atoms with E-state index >= 15 is 0 Å². The molecule has 0 atom stereocenters. The van der Waals surface area contributed by atoms with Crippen LogP contribution in [0.2, 0.25) is 0 Å². The van der Waals surface area contributed by atoms with Crippen molar-refractivity contribution in [3.05, 3.63) is 0 Å². The van der Waals surface area contributed by atoms with Crippen molar-refractivity contribution in [2.75, 3.05) is 39.3 Å². The molecule has 0 spiro atoms. The molecule has 0 aromatic heterocycles. The third-order valence-electron chi connectivity index (χ3n) is 6.80. The fourth-order valence-electron chi connectivity index (χ4n) is 3.92. The summed E-state index contributed by atoms with van der Waals surface area (Å²) >= 11 is 21.4. The van der Waals surface area contributed by atoms with Crippen molar-refractivity contribution in [2.45, 2.75) is 79.1 Å². The van der Waals surface area contributed by atoms with Crippen LogP contribution in [0.15, 0.2) is 20.4 Å². The largest absolute Gasteiger partial charge is 0.361 e. The Morgan fingerprint density at radius 3 is 1.14 bits per heavy atom. The molecule has 16 heteroatoms. The number of hydrogen-bond acceptors (Lipinski definition) is 8. The third kappa shape index (κ3) is 14.6. The number of likely N-dealkylation sites (tertiary alicyclic amines) is 2. The summed E-state index contributed by atoms with van der Waals surface area (Å²) in [6.45, 7) is 13.0. The number of nitrogens with zero attached hydrogens (tertiary/aromatic N) is 6. The minimum absolute atomic E-state index is 0.488. The van der Waals surface area contributed by atoms with E-state index in [-0.39, 0.29) is 0 Å². The Kier molecular flexibility index (Phi) is 17.3. The normalized spacial score (nSPS) is 16.3. The van der Waals surface area contributed by atoms with Gasteiger partial charge in [-0.15, -0.1) is 0 Å². The predicted octanol–water partition coefficient (Wildman–Crippen LogP) is 2.92. The smallest absolute Gasteiger partial charge is 0.189 e. The van der Waals surface area contributed by atoms with Gasteiger partial charge in [-0.1, -0.05) is 12.8 Å². The maximum atomic E-state index is 5.38. The molecule has 0 radical (unpaired) electrons. The fraction of sp³-hybridized carbons (Fsp3) is 0.692. The molecule has 2 heterocycles. The summed E-state index contributed by atoms with van der Waals surface area (Å²) in [5, 5.41) is 25.9. The second kappa shape index (κ2) is 20.4. The number of nitrogens with one attached hydrogen (secondary N) is 6. The molecule has 6 N–H and O–H groups in total. The van der Waals surface area contributed by atoms with Gasteiger partial charge in [-0.25, -0.2) is 0 Å². The summed E-state index contributed by atoms with van der Waals surface area (Å²) in [6.07, 6.45) is 8.84. The van der Waals surface area contributed by atoms with E-state index < -0.39 is 0 Å². The van der Waals surface area contributed by atoms with Gasteiger partial charge in [-0.05, 0) is 115 Å². The van der Waals surface area contributed by atoms with E-state index in [4.69, 9.17) is 48.9 Å². The second-order valence-corrected chi connectivity index (χ2v) is 11.8. The quantitative estimate of drug-likeness (QED) is 0.0757. The van der Waals surface area contributed by atoms with Gasteiger partial charge in [0, 0.05) is 39.3 Å². The average molecular weight is 655 g/mol. The summed E-state index contributed by atoms with van der Waals surface area (Å²) in [5.41, 5.74) is 14.6. The van der Waals surface area contributed by atoms with Gasteiger partial charge in [0.15, 0.2) is 20.4 Å². The first-order valence-electron chi connectivity index (χ1n) is 14.5. The second-order valence-electron chi connectivity index (χ2n) is 10.2. The van der Waals surface area contributed by atoms with Crippen LogP contribution in [-0.4, -0.2) is 92.4 Å². The topological polar surface area (TPSA) is 128 Å². The molecule has 0 amide bonds. The summed E-state index contributed by atoms with van der Waals surface area (Å²) in [4.78, 5) is 4.25. The molecule has 234 valence electrons. The van der Waals surface area contributed by atoms with E-state index in [0.717, 1.165) is 87.8 Å². The maximum absolute atomic E-state index is 5.38. The van der Waals surface area contributed by atoms with Gasteiger partial charge in [0.25, 0.3) is 0 Å². The van der Waals surface area contributed by atoms with E-state index in [0.29, 0.717) is 20.4 Å². The summed E-state index contributed by atoms with van der Waals surface area (Å²) in [6, 6.07) is 0. The average Bonchev–Trinajstić information content (AvgIpc) is 3.72. The first-order chi connectivity index (χ1) is 20.2. The standard InChI is InChI=1S/C26H46N12S4/c1-19(21(3)31-35-25(41)37-15-9-10-16-37)29-33-23(39)27-13-7-5-6-8-14-28-24(40)34-30-20(2)22(4)32-36-26(42)38-17-11-12-18-38/h5-18H2,1-4H3,(H,35,41)(H,36,42)(H2,27,33,39)(H2,28,34,40)/b29-19+,30-20+,31-21+,32-22+. The van der Waals surface area contributed by atoms with Gasteiger partial charge >= 0.3 is 0 Å². The van der Waals surface area contributed by atoms with Crippen LogP contribution in [0.25, 0.3) is 0 Å². The van der Waals surface area contributed by atoms with Crippen LogP contribution in [-0.2, 0) is 0 Å². The Hall–Kier alpha value is -2.56. The minimum Gasteiger partial charge on any atom is -0.361 e. The van der Waals surface area contributed by atoms with Crippen LogP contribution in [0.5, 0.6) is 0 Å². The highest BCUT2D eigenvalue weighted by Gasteiger charge is 2.15. The molecular formula is C26H46N12S4. The fourth-order valence-corrected chi connectivity index (χ4v) is 4.68. The van der Waals surface area contributed by atoms with Crippen molar-refractivity contribution >= 4 is 92.2 Å². The molecule has 2 saturated heterocycles. The molecule has 2 fully saturated rings. The van der Waals surface area contributed by atoms with Gasteiger partial charge in [-0.3, -0.25) is 21.7 Å². The highest BCUT2D eigenvalue weighted by molar-refractivity contribution is 7.80. The minimum atomic E-state index is 0.488.